The first-order valence-electron chi connectivity index (χ1n) is 11.2. The highest BCUT2D eigenvalue weighted by molar-refractivity contribution is 5.73. The second-order valence-electron chi connectivity index (χ2n) is 7.91. The van der Waals surface area contributed by atoms with Crippen molar-refractivity contribution >= 4 is 6.02 Å². The van der Waals surface area contributed by atoms with Gasteiger partial charge in [-0.3, -0.25) is 0 Å². The molecule has 0 bridgehead atoms. The SMILES string of the molecule is CCCCCCC=CCCCCCCCCOC(=NC(C)C)NC(C)C. The van der Waals surface area contributed by atoms with Crippen LogP contribution in [0.2, 0.25) is 0 Å². The molecule has 0 unspecified atom stereocenters. The fourth-order valence-electron chi connectivity index (χ4n) is 2.76. The van der Waals surface area contributed by atoms with Crippen LogP contribution >= 0.6 is 0 Å². The number of nitrogens with one attached hydrogen (secondary N) is 1. The van der Waals surface area contributed by atoms with Gasteiger partial charge in [-0.25, -0.2) is 4.99 Å². The van der Waals surface area contributed by atoms with Crippen LogP contribution in [-0.4, -0.2) is 24.7 Å². The van der Waals surface area contributed by atoms with Crippen molar-refractivity contribution in [2.75, 3.05) is 6.61 Å². The number of hydrogen-bond donors (Lipinski definition) is 1. The molecule has 0 fully saturated rings. The molecule has 3 nitrogen and oxygen atoms in total. The molecule has 0 spiro atoms. The van der Waals surface area contributed by atoms with Crippen LogP contribution in [0.1, 0.15) is 112 Å². The summed E-state index contributed by atoms with van der Waals surface area (Å²) in [6.07, 6.45) is 20.5. The minimum absolute atomic E-state index is 0.265. The van der Waals surface area contributed by atoms with Crippen LogP contribution in [0.4, 0.5) is 0 Å². The van der Waals surface area contributed by atoms with Gasteiger partial charge in [-0.2, -0.15) is 0 Å². The topological polar surface area (TPSA) is 33.6 Å². The molecule has 3 heteroatoms. The highest BCUT2D eigenvalue weighted by atomic mass is 16.5. The molecule has 0 amide bonds. The highest BCUT2D eigenvalue weighted by Gasteiger charge is 2.03. The molecule has 0 aliphatic rings. The van der Waals surface area contributed by atoms with E-state index in [9.17, 15) is 0 Å². The van der Waals surface area contributed by atoms with Gasteiger partial charge in [-0.1, -0.05) is 64.0 Å². The van der Waals surface area contributed by atoms with E-state index in [0.717, 1.165) is 13.0 Å². The molecular formula is C23H46N2O. The smallest absolute Gasteiger partial charge is 0.285 e. The maximum Gasteiger partial charge on any atom is 0.285 e. The van der Waals surface area contributed by atoms with Gasteiger partial charge in [0.25, 0.3) is 6.02 Å². The summed E-state index contributed by atoms with van der Waals surface area (Å²) >= 11 is 0. The van der Waals surface area contributed by atoms with Crippen molar-refractivity contribution in [1.82, 2.24) is 5.32 Å². The van der Waals surface area contributed by atoms with Crippen LogP contribution < -0.4 is 5.32 Å². The Labute approximate surface area is 164 Å². The van der Waals surface area contributed by atoms with E-state index in [-0.39, 0.29) is 6.04 Å². The minimum atomic E-state index is 0.265. The first-order chi connectivity index (χ1) is 12.6. The monoisotopic (exact) mass is 366 g/mol. The minimum Gasteiger partial charge on any atom is -0.465 e. The summed E-state index contributed by atoms with van der Waals surface area (Å²) in [4.78, 5) is 4.50. The maximum atomic E-state index is 5.80. The summed E-state index contributed by atoms with van der Waals surface area (Å²) in [7, 11) is 0. The van der Waals surface area contributed by atoms with E-state index in [4.69, 9.17) is 4.74 Å². The summed E-state index contributed by atoms with van der Waals surface area (Å²) in [5.41, 5.74) is 0. The molecule has 0 saturated heterocycles. The summed E-state index contributed by atoms with van der Waals surface area (Å²) in [5, 5.41) is 3.28. The first kappa shape index (κ1) is 25.0. The summed E-state index contributed by atoms with van der Waals surface area (Å²) < 4.78 is 5.80. The molecule has 0 aromatic heterocycles. The van der Waals surface area contributed by atoms with Gasteiger partial charge in [-0.05, 0) is 59.8 Å². The van der Waals surface area contributed by atoms with Crippen molar-refractivity contribution in [3.63, 3.8) is 0 Å². The van der Waals surface area contributed by atoms with Crippen LogP contribution in [0.5, 0.6) is 0 Å². The van der Waals surface area contributed by atoms with Gasteiger partial charge >= 0.3 is 0 Å². The quantitative estimate of drug-likeness (QED) is 0.138. The third kappa shape index (κ3) is 19.3. The van der Waals surface area contributed by atoms with Crippen LogP contribution in [0.3, 0.4) is 0 Å². The average Bonchev–Trinajstić information content (AvgIpc) is 2.57. The number of allylic oxidation sites excluding steroid dienone is 2. The maximum absolute atomic E-state index is 5.80. The predicted octanol–water partition coefficient (Wildman–Crippen LogP) is 7.02. The van der Waals surface area contributed by atoms with Crippen molar-refractivity contribution in [3.05, 3.63) is 12.2 Å². The third-order valence-corrected chi connectivity index (χ3v) is 4.18. The Bertz CT molecular complexity index is 348. The zero-order valence-electron chi connectivity index (χ0n) is 18.4. The number of nitrogens with zero attached hydrogens (tertiary/aromatic N) is 1. The van der Waals surface area contributed by atoms with E-state index in [1.807, 2.05) is 0 Å². The molecule has 0 aliphatic heterocycles. The molecule has 0 aliphatic carbocycles. The van der Waals surface area contributed by atoms with E-state index in [1.165, 1.54) is 70.6 Å². The van der Waals surface area contributed by atoms with E-state index >= 15 is 0 Å². The zero-order valence-corrected chi connectivity index (χ0v) is 18.4. The Balaban J connectivity index is 3.46. The first-order valence-corrected chi connectivity index (χ1v) is 11.2. The third-order valence-electron chi connectivity index (χ3n) is 4.18. The molecule has 0 radical (unpaired) electrons. The fourth-order valence-corrected chi connectivity index (χ4v) is 2.76. The van der Waals surface area contributed by atoms with Crippen LogP contribution in [0, 0.1) is 0 Å². The highest BCUT2D eigenvalue weighted by Crippen LogP contribution is 2.09. The van der Waals surface area contributed by atoms with Crippen molar-refractivity contribution in [3.8, 4) is 0 Å². The van der Waals surface area contributed by atoms with Crippen LogP contribution in [-0.2, 0) is 4.74 Å². The Morgan fingerprint density at radius 3 is 1.88 bits per heavy atom. The van der Waals surface area contributed by atoms with Gasteiger partial charge in [0.2, 0.25) is 0 Å². The van der Waals surface area contributed by atoms with E-state index in [0.29, 0.717) is 12.1 Å². The van der Waals surface area contributed by atoms with Crippen LogP contribution in [0.15, 0.2) is 17.1 Å². The Morgan fingerprint density at radius 2 is 1.35 bits per heavy atom. The number of aliphatic imine (C=N–C) groups is 1. The van der Waals surface area contributed by atoms with Gasteiger partial charge in [-0.15, -0.1) is 0 Å². The normalized spacial score (nSPS) is 12.5. The standard InChI is InChI=1S/C23H46N2O/c1-6-7-8-9-10-11-12-13-14-15-16-17-18-19-20-26-23(24-21(2)3)25-22(4)5/h11-12,21-22H,6-10,13-20H2,1-5H3,(H,24,25). The van der Waals surface area contributed by atoms with Gasteiger partial charge in [0, 0.05) is 12.1 Å². The van der Waals surface area contributed by atoms with Gasteiger partial charge in [0.15, 0.2) is 0 Å². The van der Waals surface area contributed by atoms with Crippen molar-refractivity contribution in [1.29, 1.82) is 0 Å². The molecule has 154 valence electrons. The Hall–Kier alpha value is -0.990. The molecule has 0 heterocycles. The van der Waals surface area contributed by atoms with Crippen molar-refractivity contribution in [2.24, 2.45) is 4.99 Å². The summed E-state index contributed by atoms with van der Waals surface area (Å²) in [6.45, 7) is 11.4. The fraction of sp³-hybridized carbons (Fsp3) is 0.870. The molecule has 0 atom stereocenters. The summed E-state index contributed by atoms with van der Waals surface area (Å²) in [6, 6.07) is 1.33. The van der Waals surface area contributed by atoms with E-state index < -0.39 is 0 Å². The molecule has 26 heavy (non-hydrogen) atoms. The second-order valence-corrected chi connectivity index (χ2v) is 7.91. The number of hydrogen-bond acceptors (Lipinski definition) is 2. The van der Waals surface area contributed by atoms with Crippen molar-refractivity contribution in [2.45, 2.75) is 124 Å². The number of rotatable bonds is 16. The van der Waals surface area contributed by atoms with Crippen LogP contribution in [0.25, 0.3) is 0 Å². The lowest BCUT2D eigenvalue weighted by Gasteiger charge is -2.15. The van der Waals surface area contributed by atoms with E-state index in [2.05, 4.69) is 57.1 Å². The predicted molar refractivity (Wildman–Crippen MR) is 117 cm³/mol. The van der Waals surface area contributed by atoms with Gasteiger partial charge < -0.3 is 10.1 Å². The number of amidine groups is 1. The molecule has 1 N–H and O–H groups in total. The molecule has 0 rings (SSSR count). The van der Waals surface area contributed by atoms with Crippen molar-refractivity contribution < 1.29 is 4.74 Å². The van der Waals surface area contributed by atoms with Gasteiger partial charge in [0.05, 0.1) is 6.61 Å². The zero-order chi connectivity index (χ0) is 19.5. The Morgan fingerprint density at radius 1 is 0.808 bits per heavy atom. The molecule has 0 saturated carbocycles. The largest absolute Gasteiger partial charge is 0.465 e. The average molecular weight is 367 g/mol. The molecular weight excluding hydrogens is 320 g/mol. The lowest BCUT2D eigenvalue weighted by molar-refractivity contribution is 0.272. The Kier molecular flexibility index (Phi) is 18.1. The number of ether oxygens (including phenoxy) is 1. The van der Waals surface area contributed by atoms with Gasteiger partial charge in [0.1, 0.15) is 0 Å². The lowest BCUT2D eigenvalue weighted by Crippen LogP contribution is -2.33. The lowest BCUT2D eigenvalue weighted by atomic mass is 10.1. The molecule has 0 aromatic rings. The van der Waals surface area contributed by atoms with E-state index in [1.54, 1.807) is 0 Å². The molecule has 0 aromatic carbocycles. The number of unbranched alkanes of at least 4 members (excludes halogenated alkanes) is 10. The second kappa shape index (κ2) is 18.8. The summed E-state index contributed by atoms with van der Waals surface area (Å²) in [5.74, 6) is 0.